The fourth-order valence-electron chi connectivity index (χ4n) is 3.32. The molecular weight excluding hydrogens is 318 g/mol. The number of piperidine rings is 1. The first-order chi connectivity index (χ1) is 12.0. The van der Waals surface area contributed by atoms with E-state index in [1.165, 1.54) is 6.20 Å². The molecule has 1 aromatic heterocycles. The van der Waals surface area contributed by atoms with Gasteiger partial charge in [-0.1, -0.05) is 30.3 Å². The van der Waals surface area contributed by atoms with Crippen molar-refractivity contribution in [3.8, 4) is 0 Å². The summed E-state index contributed by atoms with van der Waals surface area (Å²) in [6.45, 7) is 2.76. The van der Waals surface area contributed by atoms with E-state index >= 15 is 0 Å². The summed E-state index contributed by atoms with van der Waals surface area (Å²) < 4.78 is 0. The van der Waals surface area contributed by atoms with E-state index in [4.69, 9.17) is 0 Å². The molecule has 1 fully saturated rings. The van der Waals surface area contributed by atoms with Gasteiger partial charge >= 0.3 is 0 Å². The molecule has 132 valence electrons. The molecule has 0 spiro atoms. The summed E-state index contributed by atoms with van der Waals surface area (Å²) >= 11 is 0. The maximum absolute atomic E-state index is 12.5. The van der Waals surface area contributed by atoms with E-state index in [0.717, 1.165) is 18.4 Å². The van der Waals surface area contributed by atoms with E-state index in [2.05, 4.69) is 9.97 Å². The lowest BCUT2D eigenvalue weighted by Gasteiger charge is -2.34. The van der Waals surface area contributed by atoms with Crippen LogP contribution < -0.4 is 5.56 Å². The maximum atomic E-state index is 12.5. The van der Waals surface area contributed by atoms with Crippen LogP contribution in [0.2, 0.25) is 0 Å². The van der Waals surface area contributed by atoms with Crippen LogP contribution in [0.15, 0.2) is 41.3 Å². The number of aliphatic hydroxyl groups excluding tert-OH is 1. The van der Waals surface area contributed by atoms with Crippen molar-refractivity contribution in [2.75, 3.05) is 13.1 Å². The molecule has 2 aromatic rings. The highest BCUT2D eigenvalue weighted by Crippen LogP contribution is 2.23. The molecule has 6 heteroatoms. The molecule has 25 heavy (non-hydrogen) atoms. The van der Waals surface area contributed by atoms with E-state index in [1.807, 2.05) is 30.3 Å². The highest BCUT2D eigenvalue weighted by atomic mass is 16.3. The quantitative estimate of drug-likeness (QED) is 0.883. The van der Waals surface area contributed by atoms with Gasteiger partial charge in [0.25, 0.3) is 11.5 Å². The second kappa shape index (κ2) is 7.61. The number of hydrogen-bond donors (Lipinski definition) is 2. The summed E-state index contributed by atoms with van der Waals surface area (Å²) in [5.74, 6) is 0.368. The van der Waals surface area contributed by atoms with Gasteiger partial charge in [-0.3, -0.25) is 9.59 Å². The van der Waals surface area contributed by atoms with E-state index in [-0.39, 0.29) is 17.4 Å². The van der Waals surface area contributed by atoms with Crippen molar-refractivity contribution in [1.29, 1.82) is 0 Å². The fourth-order valence-corrected chi connectivity index (χ4v) is 3.32. The summed E-state index contributed by atoms with van der Waals surface area (Å²) in [7, 11) is 0. The zero-order chi connectivity index (χ0) is 17.8. The van der Waals surface area contributed by atoms with Gasteiger partial charge in [-0.15, -0.1) is 0 Å². The molecule has 0 aliphatic carbocycles. The van der Waals surface area contributed by atoms with Crippen LogP contribution in [0.1, 0.15) is 34.6 Å². The van der Waals surface area contributed by atoms with Crippen LogP contribution in [0.5, 0.6) is 0 Å². The van der Waals surface area contributed by atoms with Gasteiger partial charge in [-0.2, -0.15) is 0 Å². The number of aryl methyl sites for hydroxylation is 1. The number of nitrogens with zero attached hydrogens (tertiary/aromatic N) is 2. The lowest BCUT2D eigenvalue weighted by molar-refractivity contribution is 0.0466. The summed E-state index contributed by atoms with van der Waals surface area (Å²) in [4.78, 5) is 32.7. The van der Waals surface area contributed by atoms with Gasteiger partial charge in [0, 0.05) is 19.3 Å². The van der Waals surface area contributed by atoms with Crippen molar-refractivity contribution in [2.24, 2.45) is 5.92 Å². The molecule has 1 aromatic carbocycles. The molecule has 1 amide bonds. The Morgan fingerprint density at radius 2 is 2.00 bits per heavy atom. The Balaban J connectivity index is 1.58. The van der Waals surface area contributed by atoms with Crippen molar-refractivity contribution < 1.29 is 9.90 Å². The number of aliphatic hydroxyl groups is 1. The first-order valence-electron chi connectivity index (χ1n) is 8.62. The second-order valence-corrected chi connectivity index (χ2v) is 6.60. The van der Waals surface area contributed by atoms with Crippen molar-refractivity contribution in [2.45, 2.75) is 32.3 Å². The Kier molecular flexibility index (Phi) is 5.28. The molecule has 1 saturated heterocycles. The van der Waals surface area contributed by atoms with Gasteiger partial charge in [-0.05, 0) is 37.7 Å². The number of amides is 1. The van der Waals surface area contributed by atoms with Crippen LogP contribution in [0.25, 0.3) is 0 Å². The summed E-state index contributed by atoms with van der Waals surface area (Å²) in [6, 6.07) is 9.92. The molecule has 1 aliphatic rings. The zero-order valence-corrected chi connectivity index (χ0v) is 14.3. The molecule has 2 N–H and O–H groups in total. The molecule has 0 saturated carbocycles. The number of likely N-dealkylation sites (tertiary alicyclic amines) is 1. The lowest BCUT2D eigenvalue weighted by Crippen LogP contribution is -2.43. The SMILES string of the molecule is Cc1ncc(C(=O)N2CCC([C@H](O)Cc3ccccc3)CC2)c(=O)[nH]1. The van der Waals surface area contributed by atoms with Crippen molar-refractivity contribution in [3.05, 3.63) is 63.8 Å². The number of hydrogen-bond acceptors (Lipinski definition) is 4. The number of aromatic nitrogens is 2. The molecule has 2 heterocycles. The van der Waals surface area contributed by atoms with Crippen LogP contribution in [-0.2, 0) is 6.42 Å². The standard InChI is InChI=1S/C19H23N3O3/c1-13-20-12-16(18(24)21-13)19(25)22-9-7-15(8-10-22)17(23)11-14-5-3-2-4-6-14/h2-6,12,15,17,23H,7-11H2,1H3,(H,20,21,24)/t17-/m1/s1. The Hall–Kier alpha value is -2.47. The number of nitrogens with one attached hydrogen (secondary N) is 1. The fraction of sp³-hybridized carbons (Fsp3) is 0.421. The van der Waals surface area contributed by atoms with Crippen molar-refractivity contribution >= 4 is 5.91 Å². The predicted molar refractivity (Wildman–Crippen MR) is 94.4 cm³/mol. The number of carbonyl (C=O) groups excluding carboxylic acids is 1. The number of rotatable bonds is 4. The monoisotopic (exact) mass is 341 g/mol. The number of aromatic amines is 1. The van der Waals surface area contributed by atoms with Crippen molar-refractivity contribution in [1.82, 2.24) is 14.9 Å². The smallest absolute Gasteiger partial charge is 0.263 e. The number of carbonyl (C=O) groups is 1. The third kappa shape index (κ3) is 4.14. The number of H-pyrrole nitrogens is 1. The van der Waals surface area contributed by atoms with E-state index in [0.29, 0.717) is 25.3 Å². The first-order valence-corrected chi connectivity index (χ1v) is 8.62. The molecule has 0 unspecified atom stereocenters. The first kappa shape index (κ1) is 17.4. The van der Waals surface area contributed by atoms with Crippen LogP contribution in [0, 0.1) is 12.8 Å². The van der Waals surface area contributed by atoms with E-state index < -0.39 is 11.7 Å². The van der Waals surface area contributed by atoms with Crippen molar-refractivity contribution in [3.63, 3.8) is 0 Å². The number of benzene rings is 1. The summed E-state index contributed by atoms with van der Waals surface area (Å²) in [5.41, 5.74) is 0.795. The maximum Gasteiger partial charge on any atom is 0.263 e. The zero-order valence-electron chi connectivity index (χ0n) is 14.3. The van der Waals surface area contributed by atoms with Gasteiger partial charge in [0.2, 0.25) is 0 Å². The van der Waals surface area contributed by atoms with Crippen LogP contribution in [0.3, 0.4) is 0 Å². The Bertz CT molecular complexity index is 780. The van der Waals surface area contributed by atoms with Gasteiger partial charge in [0.1, 0.15) is 11.4 Å². The minimum atomic E-state index is -0.413. The average Bonchev–Trinajstić information content (AvgIpc) is 2.62. The third-order valence-electron chi connectivity index (χ3n) is 4.82. The lowest BCUT2D eigenvalue weighted by atomic mass is 9.88. The normalized spacial score (nSPS) is 16.6. The molecule has 0 radical (unpaired) electrons. The van der Waals surface area contributed by atoms with Crippen LogP contribution in [0.4, 0.5) is 0 Å². The highest BCUT2D eigenvalue weighted by molar-refractivity contribution is 5.93. The largest absolute Gasteiger partial charge is 0.392 e. The summed E-state index contributed by atoms with van der Waals surface area (Å²) in [6.07, 6.45) is 3.02. The van der Waals surface area contributed by atoms with Gasteiger partial charge < -0.3 is 15.0 Å². The molecule has 0 bridgehead atoms. The molecular formula is C19H23N3O3. The second-order valence-electron chi connectivity index (χ2n) is 6.60. The van der Waals surface area contributed by atoms with Gasteiger partial charge in [0.15, 0.2) is 0 Å². The van der Waals surface area contributed by atoms with E-state index in [1.54, 1.807) is 11.8 Å². The van der Waals surface area contributed by atoms with Crippen LogP contribution in [-0.4, -0.2) is 45.1 Å². The average molecular weight is 341 g/mol. The minimum Gasteiger partial charge on any atom is -0.392 e. The molecule has 3 rings (SSSR count). The highest BCUT2D eigenvalue weighted by Gasteiger charge is 2.29. The molecule has 1 aliphatic heterocycles. The Morgan fingerprint density at radius 1 is 1.32 bits per heavy atom. The minimum absolute atomic E-state index is 0.0777. The topological polar surface area (TPSA) is 86.3 Å². The predicted octanol–water partition coefficient (Wildman–Crippen LogP) is 1.53. The third-order valence-corrected chi connectivity index (χ3v) is 4.82. The van der Waals surface area contributed by atoms with Gasteiger partial charge in [0.05, 0.1) is 6.10 Å². The molecule has 6 nitrogen and oxygen atoms in total. The Morgan fingerprint density at radius 3 is 2.64 bits per heavy atom. The van der Waals surface area contributed by atoms with Crippen LogP contribution >= 0.6 is 0 Å². The Labute approximate surface area is 146 Å². The van der Waals surface area contributed by atoms with Gasteiger partial charge in [-0.25, -0.2) is 4.98 Å². The molecule has 1 atom stereocenters. The summed E-state index contributed by atoms with van der Waals surface area (Å²) in [5, 5.41) is 10.5. The van der Waals surface area contributed by atoms with E-state index in [9.17, 15) is 14.7 Å².